The van der Waals surface area contributed by atoms with Crippen LogP contribution in [0.15, 0.2) is 11.2 Å². The van der Waals surface area contributed by atoms with E-state index in [-0.39, 0.29) is 5.54 Å². The number of nitrogens with one attached hydrogen (secondary N) is 2. The third-order valence-electron chi connectivity index (χ3n) is 4.57. The third-order valence-corrected chi connectivity index (χ3v) is 5.69. The van der Waals surface area contributed by atoms with E-state index in [2.05, 4.69) is 48.2 Å². The number of hydrogen-bond acceptors (Lipinski definition) is 4. The average molecular weight is 352 g/mol. The monoisotopic (exact) mass is 351 g/mol. The van der Waals surface area contributed by atoms with Crippen molar-refractivity contribution in [3.05, 3.63) is 16.1 Å². The minimum atomic E-state index is 0.146. The van der Waals surface area contributed by atoms with Gasteiger partial charge in [0, 0.05) is 29.7 Å². The minimum Gasteiger partial charge on any atom is -0.357 e. The Morgan fingerprint density at radius 1 is 1.25 bits per heavy atom. The summed E-state index contributed by atoms with van der Waals surface area (Å²) in [6.45, 7) is 13.7. The molecule has 1 aromatic heterocycles. The number of aromatic nitrogens is 1. The minimum absolute atomic E-state index is 0.146. The van der Waals surface area contributed by atoms with Crippen LogP contribution in [0.3, 0.4) is 0 Å². The van der Waals surface area contributed by atoms with Crippen molar-refractivity contribution in [3.63, 3.8) is 0 Å². The maximum atomic E-state index is 4.70. The Morgan fingerprint density at radius 2 is 2.00 bits per heavy atom. The lowest BCUT2D eigenvalue weighted by molar-refractivity contribution is 0.0982. The van der Waals surface area contributed by atoms with Gasteiger partial charge in [0.15, 0.2) is 5.96 Å². The number of nitrogens with zero attached hydrogens (tertiary/aromatic N) is 3. The van der Waals surface area contributed by atoms with Crippen molar-refractivity contribution < 1.29 is 0 Å². The molecule has 2 N–H and O–H groups in total. The van der Waals surface area contributed by atoms with E-state index >= 15 is 0 Å². The van der Waals surface area contributed by atoms with E-state index < -0.39 is 0 Å². The van der Waals surface area contributed by atoms with Gasteiger partial charge in [-0.3, -0.25) is 4.90 Å². The second kappa shape index (κ2) is 9.37. The summed E-state index contributed by atoms with van der Waals surface area (Å²) in [5.74, 6) is 0.885. The summed E-state index contributed by atoms with van der Waals surface area (Å²) in [4.78, 5) is 13.1. The molecule has 2 heterocycles. The van der Waals surface area contributed by atoms with Crippen molar-refractivity contribution in [3.8, 4) is 0 Å². The molecule has 1 aromatic rings. The number of aryl methyl sites for hydroxylation is 1. The van der Waals surface area contributed by atoms with Gasteiger partial charge < -0.3 is 10.6 Å². The molecular weight excluding hydrogens is 318 g/mol. The Balaban J connectivity index is 1.90. The normalized spacial score (nSPS) is 17.1. The zero-order valence-electron chi connectivity index (χ0n) is 15.7. The van der Waals surface area contributed by atoms with Crippen LogP contribution in [0.4, 0.5) is 0 Å². The number of piperidine rings is 1. The summed E-state index contributed by atoms with van der Waals surface area (Å²) < 4.78 is 0. The first kappa shape index (κ1) is 19.2. The van der Waals surface area contributed by atoms with Crippen LogP contribution < -0.4 is 10.6 Å². The number of thiazole rings is 1. The van der Waals surface area contributed by atoms with Crippen molar-refractivity contribution in [1.29, 1.82) is 0 Å². The van der Waals surface area contributed by atoms with Gasteiger partial charge >= 0.3 is 0 Å². The molecule has 1 aliphatic rings. The van der Waals surface area contributed by atoms with Gasteiger partial charge in [0.05, 0.1) is 6.54 Å². The molecule has 1 aliphatic heterocycles. The molecule has 0 aliphatic carbocycles. The Bertz CT molecular complexity index is 517. The lowest BCUT2D eigenvalue weighted by Gasteiger charge is -2.41. The quantitative estimate of drug-likeness (QED) is 0.586. The predicted octanol–water partition coefficient (Wildman–Crippen LogP) is 3.03. The zero-order chi connectivity index (χ0) is 17.4. The molecule has 0 aromatic carbocycles. The highest BCUT2D eigenvalue weighted by Crippen LogP contribution is 2.19. The summed E-state index contributed by atoms with van der Waals surface area (Å²) in [5.41, 5.74) is 0.146. The number of rotatable bonds is 7. The first-order valence-electron chi connectivity index (χ1n) is 9.26. The summed E-state index contributed by atoms with van der Waals surface area (Å²) >= 11 is 1.76. The molecule has 0 spiro atoms. The van der Waals surface area contributed by atoms with Gasteiger partial charge in [-0.1, -0.05) is 13.3 Å². The number of likely N-dealkylation sites (tertiary alicyclic amines) is 1. The van der Waals surface area contributed by atoms with Crippen molar-refractivity contribution >= 4 is 17.3 Å². The largest absolute Gasteiger partial charge is 0.357 e. The van der Waals surface area contributed by atoms with E-state index in [9.17, 15) is 0 Å². The topological polar surface area (TPSA) is 52.6 Å². The molecule has 1 saturated heterocycles. The molecule has 0 atom stereocenters. The predicted molar refractivity (Wildman–Crippen MR) is 104 cm³/mol. The molecule has 0 radical (unpaired) electrons. The molecule has 6 heteroatoms. The van der Waals surface area contributed by atoms with Crippen molar-refractivity contribution in [2.75, 3.05) is 26.2 Å². The van der Waals surface area contributed by atoms with Crippen LogP contribution in [0.2, 0.25) is 0 Å². The standard InChI is InChI=1S/C18H33N5S/c1-5-15-12-20-16(24-15)13-21-17(19-6-2)22-14-18(3,4)23-10-8-7-9-11-23/h12H,5-11,13-14H2,1-4H3,(H2,19,21,22). The highest BCUT2D eigenvalue weighted by atomic mass is 32.1. The van der Waals surface area contributed by atoms with Crippen molar-refractivity contribution in [2.24, 2.45) is 4.99 Å². The Labute approximate surface area is 151 Å². The van der Waals surface area contributed by atoms with E-state index in [1.807, 2.05) is 6.20 Å². The molecule has 5 nitrogen and oxygen atoms in total. The summed E-state index contributed by atoms with van der Waals surface area (Å²) in [7, 11) is 0. The summed E-state index contributed by atoms with van der Waals surface area (Å²) in [5, 5.41) is 7.95. The SMILES string of the molecule is CCNC(=NCc1ncc(CC)s1)NCC(C)(C)N1CCCCC1. The van der Waals surface area contributed by atoms with Crippen LogP contribution in [0.25, 0.3) is 0 Å². The lowest BCUT2D eigenvalue weighted by Crippen LogP contribution is -2.54. The molecular formula is C18H33N5S. The highest BCUT2D eigenvalue weighted by Gasteiger charge is 2.27. The van der Waals surface area contributed by atoms with Gasteiger partial charge in [-0.2, -0.15) is 0 Å². The maximum Gasteiger partial charge on any atom is 0.191 e. The van der Waals surface area contributed by atoms with Crippen molar-refractivity contribution in [2.45, 2.75) is 65.5 Å². The van der Waals surface area contributed by atoms with Gasteiger partial charge in [-0.25, -0.2) is 9.98 Å². The third kappa shape index (κ3) is 5.74. The fraction of sp³-hybridized carbons (Fsp3) is 0.778. The van der Waals surface area contributed by atoms with Crippen LogP contribution in [-0.2, 0) is 13.0 Å². The van der Waals surface area contributed by atoms with Crippen LogP contribution >= 0.6 is 11.3 Å². The number of aliphatic imine (C=N–C) groups is 1. The molecule has 0 amide bonds. The van der Waals surface area contributed by atoms with Crippen LogP contribution in [0.1, 0.15) is 56.8 Å². The van der Waals surface area contributed by atoms with Gasteiger partial charge in [0.25, 0.3) is 0 Å². The molecule has 24 heavy (non-hydrogen) atoms. The van der Waals surface area contributed by atoms with Crippen LogP contribution in [-0.4, -0.2) is 47.6 Å². The highest BCUT2D eigenvalue weighted by molar-refractivity contribution is 7.11. The fourth-order valence-electron chi connectivity index (χ4n) is 2.98. The summed E-state index contributed by atoms with van der Waals surface area (Å²) in [6, 6.07) is 0. The maximum absolute atomic E-state index is 4.70. The second-order valence-electron chi connectivity index (χ2n) is 6.98. The molecule has 0 unspecified atom stereocenters. The lowest BCUT2D eigenvalue weighted by atomic mass is 9.98. The molecule has 0 bridgehead atoms. The van der Waals surface area contributed by atoms with E-state index in [1.165, 1.54) is 37.2 Å². The number of hydrogen-bond donors (Lipinski definition) is 2. The van der Waals surface area contributed by atoms with E-state index in [0.29, 0.717) is 6.54 Å². The van der Waals surface area contributed by atoms with E-state index in [4.69, 9.17) is 4.99 Å². The fourth-order valence-corrected chi connectivity index (χ4v) is 3.77. The van der Waals surface area contributed by atoms with Crippen molar-refractivity contribution in [1.82, 2.24) is 20.5 Å². The van der Waals surface area contributed by atoms with Gasteiger partial charge in [0.1, 0.15) is 5.01 Å². The smallest absolute Gasteiger partial charge is 0.191 e. The molecule has 136 valence electrons. The Hall–Kier alpha value is -1.14. The Kier molecular flexibility index (Phi) is 7.49. The molecule has 0 saturated carbocycles. The average Bonchev–Trinajstić information content (AvgIpc) is 3.06. The first-order valence-corrected chi connectivity index (χ1v) is 10.1. The van der Waals surface area contributed by atoms with E-state index in [0.717, 1.165) is 30.5 Å². The van der Waals surface area contributed by atoms with Crippen LogP contribution in [0, 0.1) is 0 Å². The Morgan fingerprint density at radius 3 is 2.62 bits per heavy atom. The van der Waals surface area contributed by atoms with Gasteiger partial charge in [-0.15, -0.1) is 11.3 Å². The van der Waals surface area contributed by atoms with E-state index in [1.54, 1.807) is 11.3 Å². The van der Waals surface area contributed by atoms with Gasteiger partial charge in [0.2, 0.25) is 0 Å². The first-order chi connectivity index (χ1) is 11.5. The van der Waals surface area contributed by atoms with Crippen LogP contribution in [0.5, 0.6) is 0 Å². The summed E-state index contributed by atoms with van der Waals surface area (Å²) in [6.07, 6.45) is 7.03. The number of guanidine groups is 1. The second-order valence-corrected chi connectivity index (χ2v) is 8.18. The molecule has 2 rings (SSSR count). The molecule has 1 fully saturated rings. The van der Waals surface area contributed by atoms with Gasteiger partial charge in [-0.05, 0) is 53.1 Å². The zero-order valence-corrected chi connectivity index (χ0v) is 16.5.